The van der Waals surface area contributed by atoms with Crippen LogP contribution in [0.25, 0.3) is 0 Å². The van der Waals surface area contributed by atoms with Gasteiger partial charge >= 0.3 is 0 Å². The number of aromatic nitrogens is 1. The van der Waals surface area contributed by atoms with Crippen molar-refractivity contribution in [3.63, 3.8) is 0 Å². The largest absolute Gasteiger partial charge is 0.345 e. The molecular weight excluding hydrogens is 370 g/mol. The molecule has 0 amide bonds. The molecule has 0 aliphatic heterocycles. The highest BCUT2D eigenvalue weighted by Gasteiger charge is 2.00. The van der Waals surface area contributed by atoms with Crippen molar-refractivity contribution in [3.8, 4) is 0 Å². The molecule has 2 heteroatoms. The van der Waals surface area contributed by atoms with E-state index in [0.717, 1.165) is 0 Å². The number of unbranched alkanes of at least 4 members (excludes halogenated alkanes) is 15. The fraction of sp³-hybridized carbons (Fsp3) is 0.826. The second-order valence-corrected chi connectivity index (χ2v) is 8.65. The molecular formula is C23H42BrN. The molecule has 0 radical (unpaired) electrons. The van der Waals surface area contributed by atoms with Gasteiger partial charge in [0.2, 0.25) is 0 Å². The van der Waals surface area contributed by atoms with Gasteiger partial charge in [-0.25, -0.2) is 0 Å². The summed E-state index contributed by atoms with van der Waals surface area (Å²) in [4.78, 5) is 0. The SMILES string of the molecule is CCCCCCCCCCCCCCCCCCc1cc(Br)n(C)c1. The zero-order valence-corrected chi connectivity index (χ0v) is 18.6. The van der Waals surface area contributed by atoms with E-state index < -0.39 is 0 Å². The van der Waals surface area contributed by atoms with Crippen molar-refractivity contribution >= 4 is 15.9 Å². The van der Waals surface area contributed by atoms with E-state index in [9.17, 15) is 0 Å². The van der Waals surface area contributed by atoms with Crippen molar-refractivity contribution in [2.24, 2.45) is 7.05 Å². The molecule has 0 saturated heterocycles. The van der Waals surface area contributed by atoms with Gasteiger partial charge in [-0.15, -0.1) is 0 Å². The summed E-state index contributed by atoms with van der Waals surface area (Å²) in [6, 6.07) is 2.26. The first-order valence-corrected chi connectivity index (χ1v) is 11.8. The Bertz CT molecular complexity index is 391. The van der Waals surface area contributed by atoms with E-state index in [2.05, 4.69) is 46.7 Å². The van der Waals surface area contributed by atoms with Crippen LogP contribution in [0.1, 0.15) is 115 Å². The average Bonchev–Trinajstić information content (AvgIpc) is 2.92. The topological polar surface area (TPSA) is 4.93 Å². The molecule has 1 heterocycles. The summed E-state index contributed by atoms with van der Waals surface area (Å²) in [5, 5.41) is 0. The third-order valence-electron chi connectivity index (χ3n) is 5.32. The van der Waals surface area contributed by atoms with Crippen molar-refractivity contribution < 1.29 is 0 Å². The first-order valence-electron chi connectivity index (χ1n) is 11.0. The minimum absolute atomic E-state index is 1.19. The molecule has 146 valence electrons. The van der Waals surface area contributed by atoms with Gasteiger partial charge in [-0.05, 0) is 40.4 Å². The minimum Gasteiger partial charge on any atom is -0.345 e. The van der Waals surface area contributed by atoms with Crippen LogP contribution in [0.3, 0.4) is 0 Å². The molecule has 0 unspecified atom stereocenters. The van der Waals surface area contributed by atoms with Crippen molar-refractivity contribution in [2.75, 3.05) is 0 Å². The van der Waals surface area contributed by atoms with Gasteiger partial charge in [0.15, 0.2) is 0 Å². The Morgan fingerprint density at radius 1 is 0.680 bits per heavy atom. The highest BCUT2D eigenvalue weighted by atomic mass is 79.9. The van der Waals surface area contributed by atoms with E-state index >= 15 is 0 Å². The summed E-state index contributed by atoms with van der Waals surface area (Å²) >= 11 is 3.57. The maximum atomic E-state index is 3.57. The molecule has 1 nitrogen and oxygen atoms in total. The first-order chi connectivity index (χ1) is 12.2. The second kappa shape index (κ2) is 16.0. The van der Waals surface area contributed by atoms with Crippen LogP contribution >= 0.6 is 15.9 Å². The van der Waals surface area contributed by atoms with Gasteiger partial charge in [-0.3, -0.25) is 0 Å². The van der Waals surface area contributed by atoms with E-state index in [1.807, 2.05) is 0 Å². The Morgan fingerprint density at radius 2 is 1.08 bits per heavy atom. The molecule has 1 rings (SSSR count). The molecule has 1 aromatic rings. The lowest BCUT2D eigenvalue weighted by atomic mass is 10.0. The molecule has 0 N–H and O–H groups in total. The lowest BCUT2D eigenvalue weighted by Crippen LogP contribution is -1.86. The van der Waals surface area contributed by atoms with Gasteiger partial charge in [0.05, 0.1) is 4.60 Å². The average molecular weight is 412 g/mol. The second-order valence-electron chi connectivity index (χ2n) is 7.84. The van der Waals surface area contributed by atoms with Crippen LogP contribution in [-0.2, 0) is 13.5 Å². The Morgan fingerprint density at radius 3 is 1.44 bits per heavy atom. The molecule has 1 aromatic heterocycles. The fourth-order valence-electron chi connectivity index (χ4n) is 3.62. The summed E-state index contributed by atoms with van der Waals surface area (Å²) < 4.78 is 3.35. The monoisotopic (exact) mass is 411 g/mol. The quantitative estimate of drug-likeness (QED) is 0.226. The Balaban J connectivity index is 1.74. The third kappa shape index (κ3) is 12.7. The standard InChI is InChI=1S/C23H42BrN/c1-3-4-5-6-7-8-9-10-11-12-13-14-15-16-17-18-19-22-20-23(24)25(2)21-22/h20-21H,3-19H2,1-2H3. The minimum atomic E-state index is 1.19. The molecule has 0 aromatic carbocycles. The molecule has 0 fully saturated rings. The van der Waals surface area contributed by atoms with Crippen LogP contribution < -0.4 is 0 Å². The van der Waals surface area contributed by atoms with Crippen molar-refractivity contribution in [1.29, 1.82) is 0 Å². The van der Waals surface area contributed by atoms with Gasteiger partial charge in [-0.2, -0.15) is 0 Å². The van der Waals surface area contributed by atoms with E-state index in [0.29, 0.717) is 0 Å². The fourth-order valence-corrected chi connectivity index (χ4v) is 4.01. The summed E-state index contributed by atoms with van der Waals surface area (Å²) in [5.41, 5.74) is 1.47. The third-order valence-corrected chi connectivity index (χ3v) is 6.11. The zero-order valence-electron chi connectivity index (χ0n) is 17.0. The maximum Gasteiger partial charge on any atom is 0.0846 e. The number of hydrogen-bond donors (Lipinski definition) is 0. The van der Waals surface area contributed by atoms with Crippen molar-refractivity contribution in [1.82, 2.24) is 4.57 Å². The van der Waals surface area contributed by atoms with Gasteiger partial charge in [-0.1, -0.05) is 103 Å². The number of rotatable bonds is 17. The van der Waals surface area contributed by atoms with Crippen LogP contribution in [0, 0.1) is 0 Å². The maximum absolute atomic E-state index is 3.57. The molecule has 0 saturated carbocycles. The molecule has 25 heavy (non-hydrogen) atoms. The molecule has 0 spiro atoms. The summed E-state index contributed by atoms with van der Waals surface area (Å²) in [5.74, 6) is 0. The number of hydrogen-bond acceptors (Lipinski definition) is 0. The number of halogens is 1. The normalized spacial score (nSPS) is 11.3. The smallest absolute Gasteiger partial charge is 0.0846 e. The Labute approximate surface area is 166 Å². The van der Waals surface area contributed by atoms with Crippen LogP contribution in [0.2, 0.25) is 0 Å². The zero-order chi connectivity index (χ0) is 18.2. The Kier molecular flexibility index (Phi) is 14.6. The van der Waals surface area contributed by atoms with Crippen LogP contribution in [0.4, 0.5) is 0 Å². The first kappa shape index (κ1) is 22.8. The lowest BCUT2D eigenvalue weighted by molar-refractivity contribution is 0.529. The van der Waals surface area contributed by atoms with Crippen LogP contribution in [-0.4, -0.2) is 4.57 Å². The highest BCUT2D eigenvalue weighted by molar-refractivity contribution is 9.10. The van der Waals surface area contributed by atoms with Crippen LogP contribution in [0.5, 0.6) is 0 Å². The molecule has 0 atom stereocenters. The molecule has 0 aliphatic carbocycles. The number of aryl methyl sites for hydroxylation is 2. The summed E-state index contributed by atoms with van der Waals surface area (Å²) in [7, 11) is 2.10. The molecule has 0 aliphatic rings. The van der Waals surface area contributed by atoms with E-state index in [1.165, 1.54) is 119 Å². The summed E-state index contributed by atoms with van der Waals surface area (Å²) in [6.45, 7) is 2.30. The van der Waals surface area contributed by atoms with E-state index in [-0.39, 0.29) is 0 Å². The van der Waals surface area contributed by atoms with Crippen molar-refractivity contribution in [3.05, 3.63) is 22.4 Å². The van der Waals surface area contributed by atoms with Crippen molar-refractivity contribution in [2.45, 2.75) is 116 Å². The predicted octanol–water partition coefficient (Wildman–Crippen LogP) is 8.59. The number of nitrogens with zero attached hydrogens (tertiary/aromatic N) is 1. The van der Waals surface area contributed by atoms with Gasteiger partial charge in [0.1, 0.15) is 0 Å². The van der Waals surface area contributed by atoms with Crippen LogP contribution in [0.15, 0.2) is 16.9 Å². The Hall–Kier alpha value is -0.240. The molecule has 0 bridgehead atoms. The lowest BCUT2D eigenvalue weighted by Gasteiger charge is -2.03. The highest BCUT2D eigenvalue weighted by Crippen LogP contribution is 2.17. The van der Waals surface area contributed by atoms with Gasteiger partial charge in [0, 0.05) is 13.2 Å². The van der Waals surface area contributed by atoms with E-state index in [1.54, 1.807) is 0 Å². The summed E-state index contributed by atoms with van der Waals surface area (Å²) in [6.07, 6.45) is 26.5. The van der Waals surface area contributed by atoms with Gasteiger partial charge < -0.3 is 4.57 Å². The van der Waals surface area contributed by atoms with E-state index in [4.69, 9.17) is 0 Å². The predicted molar refractivity (Wildman–Crippen MR) is 116 cm³/mol. The van der Waals surface area contributed by atoms with Gasteiger partial charge in [0.25, 0.3) is 0 Å².